The normalized spacial score (nSPS) is 15.1. The van der Waals surface area contributed by atoms with Crippen molar-refractivity contribution in [3.63, 3.8) is 0 Å². The van der Waals surface area contributed by atoms with E-state index in [0.29, 0.717) is 5.69 Å². The predicted octanol–water partition coefficient (Wildman–Crippen LogP) is -3.85. The largest absolute Gasteiger partial charge is 0.481 e. The highest BCUT2D eigenvalue weighted by Gasteiger charge is 2.33. The molecule has 1 aromatic heterocycles. The van der Waals surface area contributed by atoms with Crippen molar-refractivity contribution in [2.24, 2.45) is 5.73 Å². The van der Waals surface area contributed by atoms with Gasteiger partial charge >= 0.3 is 17.9 Å². The molecular weight excluding hydrogens is 460 g/mol. The van der Waals surface area contributed by atoms with E-state index in [1.54, 1.807) is 0 Å². The van der Waals surface area contributed by atoms with Crippen LogP contribution in [0.4, 0.5) is 0 Å². The molecule has 0 aliphatic carbocycles. The van der Waals surface area contributed by atoms with E-state index in [-0.39, 0.29) is 6.42 Å². The van der Waals surface area contributed by atoms with E-state index in [1.807, 2.05) is 5.32 Å². The Labute approximate surface area is 191 Å². The SMILES string of the molecule is CC(O)C(N)C(=O)NC(CC(=O)O)C(=O)NC(Cc1cnc[nH]1)C(=O)NC(CC(=O)O)C(=O)O. The number of aromatic nitrogens is 2. The minimum absolute atomic E-state index is 0.266. The van der Waals surface area contributed by atoms with Crippen LogP contribution in [0.25, 0.3) is 0 Å². The molecule has 0 bridgehead atoms. The number of aliphatic hydroxyl groups is 1. The lowest BCUT2D eigenvalue weighted by Gasteiger charge is -2.24. The fraction of sp³-hybridized carbons (Fsp3) is 0.500. The lowest BCUT2D eigenvalue weighted by atomic mass is 10.1. The predicted molar refractivity (Wildman–Crippen MR) is 110 cm³/mol. The van der Waals surface area contributed by atoms with Gasteiger partial charge in [-0.3, -0.25) is 24.0 Å². The lowest BCUT2D eigenvalue weighted by molar-refractivity contribution is -0.147. The number of amides is 3. The summed E-state index contributed by atoms with van der Waals surface area (Å²) in [6.07, 6.45) is -0.856. The fourth-order valence-corrected chi connectivity index (χ4v) is 2.62. The molecule has 10 N–H and O–H groups in total. The van der Waals surface area contributed by atoms with Crippen molar-refractivity contribution in [1.82, 2.24) is 25.9 Å². The van der Waals surface area contributed by atoms with Gasteiger partial charge in [-0.05, 0) is 6.92 Å². The molecule has 0 aliphatic rings. The number of carbonyl (C=O) groups excluding carboxylic acids is 3. The van der Waals surface area contributed by atoms with Crippen molar-refractivity contribution in [3.05, 3.63) is 18.2 Å². The molecule has 0 spiro atoms. The molecule has 0 fully saturated rings. The molecule has 0 aliphatic heterocycles. The second-order valence-corrected chi connectivity index (χ2v) is 7.26. The molecule has 34 heavy (non-hydrogen) atoms. The van der Waals surface area contributed by atoms with Crippen LogP contribution in [-0.4, -0.2) is 96.3 Å². The maximum Gasteiger partial charge on any atom is 0.326 e. The van der Waals surface area contributed by atoms with E-state index in [4.69, 9.17) is 21.1 Å². The van der Waals surface area contributed by atoms with Gasteiger partial charge in [-0.2, -0.15) is 0 Å². The van der Waals surface area contributed by atoms with Gasteiger partial charge in [0, 0.05) is 18.3 Å². The van der Waals surface area contributed by atoms with E-state index >= 15 is 0 Å². The number of carbonyl (C=O) groups is 6. The van der Waals surface area contributed by atoms with E-state index in [1.165, 1.54) is 19.4 Å². The van der Waals surface area contributed by atoms with E-state index in [9.17, 15) is 33.9 Å². The number of nitrogens with zero attached hydrogens (tertiary/aromatic N) is 1. The molecular formula is C18H26N6O10. The van der Waals surface area contributed by atoms with Gasteiger partial charge in [0.05, 0.1) is 25.3 Å². The van der Waals surface area contributed by atoms with Gasteiger partial charge in [0.1, 0.15) is 24.2 Å². The number of aliphatic carboxylic acids is 3. The number of carboxylic acid groups (broad SMARTS) is 3. The van der Waals surface area contributed by atoms with E-state index in [2.05, 4.69) is 20.6 Å². The average Bonchev–Trinajstić information content (AvgIpc) is 3.23. The zero-order valence-corrected chi connectivity index (χ0v) is 17.9. The van der Waals surface area contributed by atoms with Crippen LogP contribution in [-0.2, 0) is 35.2 Å². The summed E-state index contributed by atoms with van der Waals surface area (Å²) in [7, 11) is 0. The van der Waals surface area contributed by atoms with Crippen LogP contribution >= 0.6 is 0 Å². The Kier molecular flexibility index (Phi) is 10.6. The highest BCUT2D eigenvalue weighted by atomic mass is 16.4. The molecule has 5 atom stereocenters. The number of imidazole rings is 1. The Morgan fingerprint density at radius 3 is 1.88 bits per heavy atom. The van der Waals surface area contributed by atoms with Crippen molar-refractivity contribution < 1.29 is 49.2 Å². The summed E-state index contributed by atoms with van der Waals surface area (Å²) in [5, 5.41) is 42.8. The first-order chi connectivity index (χ1) is 15.8. The number of aliphatic hydroxyl groups excluding tert-OH is 1. The number of hydrogen-bond donors (Lipinski definition) is 9. The number of nitrogens with one attached hydrogen (secondary N) is 4. The average molecular weight is 486 g/mol. The number of H-pyrrole nitrogens is 1. The third-order valence-electron chi connectivity index (χ3n) is 4.44. The smallest absolute Gasteiger partial charge is 0.326 e. The summed E-state index contributed by atoms with van der Waals surface area (Å²) in [6.45, 7) is 1.21. The second kappa shape index (κ2) is 12.9. The number of carboxylic acids is 3. The first-order valence-electron chi connectivity index (χ1n) is 9.80. The molecule has 0 radical (unpaired) electrons. The number of nitrogens with two attached hydrogens (primary N) is 1. The molecule has 16 heteroatoms. The lowest BCUT2D eigenvalue weighted by Crippen LogP contribution is -2.59. The molecule has 16 nitrogen and oxygen atoms in total. The maximum atomic E-state index is 12.7. The molecule has 0 saturated carbocycles. The second-order valence-electron chi connectivity index (χ2n) is 7.26. The minimum Gasteiger partial charge on any atom is -0.481 e. The van der Waals surface area contributed by atoms with Crippen molar-refractivity contribution in [3.8, 4) is 0 Å². The van der Waals surface area contributed by atoms with Gasteiger partial charge in [-0.15, -0.1) is 0 Å². The van der Waals surface area contributed by atoms with E-state index < -0.39 is 78.7 Å². The highest BCUT2D eigenvalue weighted by Crippen LogP contribution is 2.04. The fourth-order valence-electron chi connectivity index (χ4n) is 2.62. The molecule has 1 rings (SSSR count). The third-order valence-corrected chi connectivity index (χ3v) is 4.44. The van der Waals surface area contributed by atoms with Crippen molar-refractivity contribution in [1.29, 1.82) is 0 Å². The van der Waals surface area contributed by atoms with Gasteiger partial charge in [-0.1, -0.05) is 0 Å². The van der Waals surface area contributed by atoms with Gasteiger partial charge in [0.2, 0.25) is 17.7 Å². The number of hydrogen-bond acceptors (Lipinski definition) is 9. The van der Waals surface area contributed by atoms with Crippen LogP contribution in [0.3, 0.4) is 0 Å². The first kappa shape index (κ1) is 28.0. The zero-order valence-electron chi connectivity index (χ0n) is 17.9. The van der Waals surface area contributed by atoms with Crippen molar-refractivity contribution >= 4 is 35.6 Å². The third kappa shape index (κ3) is 9.21. The molecule has 5 unspecified atom stereocenters. The summed E-state index contributed by atoms with van der Waals surface area (Å²) in [5.41, 5.74) is 5.80. The Balaban J connectivity index is 3.10. The quantitative estimate of drug-likeness (QED) is 0.122. The van der Waals surface area contributed by atoms with Crippen molar-refractivity contribution in [2.75, 3.05) is 0 Å². The van der Waals surface area contributed by atoms with Crippen LogP contribution in [0.5, 0.6) is 0 Å². The number of aromatic amines is 1. The highest BCUT2D eigenvalue weighted by molar-refractivity contribution is 5.96. The minimum atomic E-state index is -1.82. The van der Waals surface area contributed by atoms with Gasteiger partial charge in [0.25, 0.3) is 0 Å². The van der Waals surface area contributed by atoms with E-state index in [0.717, 1.165) is 0 Å². The van der Waals surface area contributed by atoms with Crippen LogP contribution in [0.1, 0.15) is 25.5 Å². The molecule has 0 saturated heterocycles. The molecule has 0 aromatic carbocycles. The van der Waals surface area contributed by atoms with Crippen LogP contribution < -0.4 is 21.7 Å². The summed E-state index contributed by atoms with van der Waals surface area (Å²) in [4.78, 5) is 77.3. The topological polar surface area (TPSA) is 274 Å². The van der Waals surface area contributed by atoms with Gasteiger partial charge in [-0.25, -0.2) is 9.78 Å². The van der Waals surface area contributed by atoms with Crippen LogP contribution in [0.15, 0.2) is 12.5 Å². The Hall–Kier alpha value is -4.05. The molecule has 1 aromatic rings. The van der Waals surface area contributed by atoms with Gasteiger partial charge in [0.15, 0.2) is 0 Å². The molecule has 3 amide bonds. The Bertz CT molecular complexity index is 903. The van der Waals surface area contributed by atoms with Gasteiger partial charge < -0.3 is 47.1 Å². The Morgan fingerprint density at radius 1 is 0.912 bits per heavy atom. The zero-order chi connectivity index (χ0) is 26.0. The molecule has 1 heterocycles. The van der Waals surface area contributed by atoms with Crippen LogP contribution in [0, 0.1) is 0 Å². The van der Waals surface area contributed by atoms with Crippen molar-refractivity contribution in [2.45, 2.75) is 56.5 Å². The molecule has 188 valence electrons. The van der Waals surface area contributed by atoms with Crippen LogP contribution in [0.2, 0.25) is 0 Å². The Morgan fingerprint density at radius 2 is 1.41 bits per heavy atom. The first-order valence-corrected chi connectivity index (χ1v) is 9.80. The number of rotatable bonds is 14. The summed E-state index contributed by atoms with van der Waals surface area (Å²) in [6, 6.07) is -6.51. The summed E-state index contributed by atoms with van der Waals surface area (Å²) >= 11 is 0. The monoisotopic (exact) mass is 486 g/mol. The summed E-state index contributed by atoms with van der Waals surface area (Å²) in [5.74, 6) is -7.85. The maximum absolute atomic E-state index is 12.7. The standard InChI is InChI=1S/C18H26N6O10/c1-7(25)14(19)17(32)23-10(3-12(26)27)16(31)22-9(2-8-5-20-6-21-8)15(30)24-11(18(33)34)4-13(28)29/h5-7,9-11,14,25H,2-4,19H2,1H3,(H,20,21)(H,22,31)(H,23,32)(H,24,30)(H,26,27)(H,28,29)(H,33,34). The summed E-state index contributed by atoms with van der Waals surface area (Å²) < 4.78 is 0.